The molecule has 40 heavy (non-hydrogen) atoms. The van der Waals surface area contributed by atoms with Crippen LogP contribution in [0.25, 0.3) is 0 Å². The van der Waals surface area contributed by atoms with Gasteiger partial charge in [0.05, 0.1) is 57.0 Å². The zero-order valence-corrected chi connectivity index (χ0v) is 24.3. The van der Waals surface area contributed by atoms with Crippen LogP contribution >= 0.6 is 0 Å². The van der Waals surface area contributed by atoms with Crippen molar-refractivity contribution in [1.29, 1.82) is 0 Å². The first-order valence-electron chi connectivity index (χ1n) is 14.4. The van der Waals surface area contributed by atoms with Crippen molar-refractivity contribution in [3.63, 3.8) is 0 Å². The highest BCUT2D eigenvalue weighted by molar-refractivity contribution is 5.57. The van der Waals surface area contributed by atoms with Crippen LogP contribution in [-0.2, 0) is 36.9 Å². The van der Waals surface area contributed by atoms with Crippen molar-refractivity contribution in [2.75, 3.05) is 65.6 Å². The number of rotatable bonds is 19. The molecule has 9 nitrogen and oxygen atoms in total. The number of aliphatic hydroxyl groups is 1. The number of hydrogen-bond donors (Lipinski definition) is 4. The number of methoxy groups -OCH3 is 2. The van der Waals surface area contributed by atoms with Crippen LogP contribution in [0.5, 0.6) is 5.75 Å². The molecule has 2 aromatic carbocycles. The van der Waals surface area contributed by atoms with Gasteiger partial charge in [-0.2, -0.15) is 0 Å². The quantitative estimate of drug-likeness (QED) is 0.151. The lowest BCUT2D eigenvalue weighted by Crippen LogP contribution is -2.51. The molecule has 1 aliphatic rings. The summed E-state index contributed by atoms with van der Waals surface area (Å²) in [5.41, 5.74) is 3.88. The van der Waals surface area contributed by atoms with E-state index >= 15 is 0 Å². The molecule has 0 radical (unpaired) electrons. The summed E-state index contributed by atoms with van der Waals surface area (Å²) in [5.74, 6) is 0.200. The van der Waals surface area contributed by atoms with Crippen LogP contribution in [0, 0.1) is 0 Å². The molecule has 0 unspecified atom stereocenters. The predicted molar refractivity (Wildman–Crippen MR) is 156 cm³/mol. The molecule has 4 N–H and O–H groups in total. The molecule has 0 aromatic heterocycles. The number of nitrogens with one attached hydrogen (secondary N) is 2. The van der Waals surface area contributed by atoms with E-state index in [1.165, 1.54) is 0 Å². The highest BCUT2D eigenvalue weighted by Gasteiger charge is 2.36. The molecule has 0 saturated carbocycles. The van der Waals surface area contributed by atoms with Crippen LogP contribution in [0.2, 0.25) is 0 Å². The Kier molecular flexibility index (Phi) is 14.7. The van der Waals surface area contributed by atoms with Crippen LogP contribution in [0.15, 0.2) is 42.5 Å². The molecule has 0 amide bonds. The van der Waals surface area contributed by atoms with Crippen LogP contribution in [0.3, 0.4) is 0 Å². The third kappa shape index (κ3) is 10.6. The van der Waals surface area contributed by atoms with E-state index in [1.807, 2.05) is 12.1 Å². The number of aromatic hydroxyl groups is 1. The number of aliphatic hydroxyl groups excluding tert-OH is 1. The van der Waals surface area contributed by atoms with Gasteiger partial charge in [-0.15, -0.1) is 0 Å². The number of phenols is 1. The van der Waals surface area contributed by atoms with E-state index in [4.69, 9.17) is 23.7 Å². The first kappa shape index (κ1) is 32.3. The Morgan fingerprint density at radius 2 is 1.65 bits per heavy atom. The first-order valence-corrected chi connectivity index (χ1v) is 14.4. The summed E-state index contributed by atoms with van der Waals surface area (Å²) in [6.45, 7) is 7.14. The van der Waals surface area contributed by atoms with E-state index in [2.05, 4.69) is 41.8 Å². The lowest BCUT2D eigenvalue weighted by atomic mass is 9.85. The van der Waals surface area contributed by atoms with E-state index < -0.39 is 6.10 Å². The van der Waals surface area contributed by atoms with Gasteiger partial charge in [0, 0.05) is 46.4 Å². The van der Waals surface area contributed by atoms with Gasteiger partial charge in [-0.3, -0.25) is 0 Å². The Balaban J connectivity index is 1.70. The minimum atomic E-state index is -0.481. The van der Waals surface area contributed by atoms with Gasteiger partial charge in [-0.05, 0) is 41.7 Å². The van der Waals surface area contributed by atoms with Gasteiger partial charge >= 0.3 is 0 Å². The normalized spacial score (nSPS) is 19.9. The molecule has 2 aromatic rings. The van der Waals surface area contributed by atoms with E-state index in [9.17, 15) is 10.2 Å². The summed E-state index contributed by atoms with van der Waals surface area (Å²) in [4.78, 5) is 0. The molecule has 224 valence electrons. The minimum Gasteiger partial charge on any atom is -0.506 e. The van der Waals surface area contributed by atoms with Crippen molar-refractivity contribution in [3.05, 3.63) is 59.2 Å². The molecular weight excluding hydrogens is 512 g/mol. The van der Waals surface area contributed by atoms with Gasteiger partial charge in [-0.25, -0.2) is 0 Å². The maximum absolute atomic E-state index is 10.3. The van der Waals surface area contributed by atoms with Gasteiger partial charge in [0.15, 0.2) is 0 Å². The van der Waals surface area contributed by atoms with Crippen LogP contribution in [0.1, 0.15) is 48.8 Å². The molecule has 9 heteroatoms. The van der Waals surface area contributed by atoms with Crippen LogP contribution < -0.4 is 10.6 Å². The maximum atomic E-state index is 10.3. The van der Waals surface area contributed by atoms with Crippen molar-refractivity contribution >= 4 is 5.69 Å². The van der Waals surface area contributed by atoms with Gasteiger partial charge in [0.2, 0.25) is 0 Å². The Hall–Kier alpha value is -2.24. The fraction of sp³-hybridized carbons (Fsp3) is 0.613. The number of anilines is 1. The molecule has 0 spiro atoms. The van der Waals surface area contributed by atoms with Crippen molar-refractivity contribution < 1.29 is 33.9 Å². The van der Waals surface area contributed by atoms with E-state index in [-0.39, 0.29) is 23.9 Å². The largest absolute Gasteiger partial charge is 0.506 e. The molecule has 1 saturated heterocycles. The highest BCUT2D eigenvalue weighted by Crippen LogP contribution is 2.32. The zero-order valence-electron chi connectivity index (χ0n) is 24.3. The van der Waals surface area contributed by atoms with E-state index in [0.717, 1.165) is 29.5 Å². The van der Waals surface area contributed by atoms with Crippen LogP contribution in [0.4, 0.5) is 5.69 Å². The summed E-state index contributed by atoms with van der Waals surface area (Å²) in [5, 5.41) is 27.3. The Morgan fingerprint density at radius 1 is 0.925 bits per heavy atom. The van der Waals surface area contributed by atoms with Crippen molar-refractivity contribution in [3.8, 4) is 5.75 Å². The smallest absolute Gasteiger partial charge is 0.138 e. The maximum Gasteiger partial charge on any atom is 0.138 e. The molecule has 1 aliphatic heterocycles. The Bertz CT molecular complexity index is 959. The third-order valence-corrected chi connectivity index (χ3v) is 7.05. The fourth-order valence-electron chi connectivity index (χ4n) is 4.89. The fourth-order valence-corrected chi connectivity index (χ4v) is 4.89. The van der Waals surface area contributed by atoms with E-state index in [0.29, 0.717) is 71.4 Å². The topological polar surface area (TPSA) is 111 Å². The average Bonchev–Trinajstić information content (AvgIpc) is 2.97. The average molecular weight is 561 g/mol. The van der Waals surface area contributed by atoms with Crippen molar-refractivity contribution in [1.82, 2.24) is 5.32 Å². The molecule has 1 heterocycles. The second-order valence-electron chi connectivity index (χ2n) is 10.3. The number of phenolic OH excluding ortho intramolecular Hbond substituents is 1. The van der Waals surface area contributed by atoms with Crippen molar-refractivity contribution in [2.45, 2.75) is 63.6 Å². The number of piperidine rings is 1. The number of benzene rings is 2. The molecule has 3 rings (SSSR count). The second kappa shape index (κ2) is 18.2. The molecular formula is C31H48N2O7. The summed E-state index contributed by atoms with van der Waals surface area (Å²) in [6, 6.07) is 13.9. The van der Waals surface area contributed by atoms with Crippen molar-refractivity contribution in [2.24, 2.45) is 0 Å². The lowest BCUT2D eigenvalue weighted by molar-refractivity contribution is -0.0783. The molecule has 0 aliphatic carbocycles. The Morgan fingerprint density at radius 3 is 2.38 bits per heavy atom. The predicted octanol–water partition coefficient (Wildman–Crippen LogP) is 3.82. The SMILES string of the molecule is CCC[C@@H](O)CO[C@@H]1CNC[C@H](OCc2ccc(O)c(NCCCOC)c2)[C@H]1c1ccc(COCCOC)cc1. The first-order chi connectivity index (χ1) is 19.5. The Labute approximate surface area is 239 Å². The molecule has 0 bridgehead atoms. The summed E-state index contributed by atoms with van der Waals surface area (Å²) in [7, 11) is 3.34. The molecule has 1 fully saturated rings. The highest BCUT2D eigenvalue weighted by atomic mass is 16.5. The minimum absolute atomic E-state index is 0.0118. The third-order valence-electron chi connectivity index (χ3n) is 7.05. The number of hydrogen-bond acceptors (Lipinski definition) is 9. The summed E-state index contributed by atoms with van der Waals surface area (Å²) in [6.07, 6.45) is 1.70. The van der Waals surface area contributed by atoms with Gasteiger partial charge in [0.25, 0.3) is 0 Å². The zero-order chi connectivity index (χ0) is 28.6. The summed E-state index contributed by atoms with van der Waals surface area (Å²) < 4.78 is 28.6. The van der Waals surface area contributed by atoms with E-state index in [1.54, 1.807) is 20.3 Å². The second-order valence-corrected chi connectivity index (χ2v) is 10.3. The van der Waals surface area contributed by atoms with Gasteiger partial charge in [0.1, 0.15) is 5.75 Å². The van der Waals surface area contributed by atoms with Gasteiger partial charge in [-0.1, -0.05) is 43.7 Å². The summed E-state index contributed by atoms with van der Waals surface area (Å²) >= 11 is 0. The lowest BCUT2D eigenvalue weighted by Gasteiger charge is -2.39. The van der Waals surface area contributed by atoms with Crippen LogP contribution in [-0.4, -0.2) is 88.8 Å². The standard InChI is InChI=1S/C31H48N2O7/c1-4-6-26(34)22-40-30-19-32-18-29(31(30)25-10-7-23(8-11-25)20-38-16-15-37-3)39-21-24-9-12-28(35)27(17-24)33-13-5-14-36-2/h7-12,17,26,29-35H,4-6,13-16,18-22H2,1-3H3/t26-,29+,30-,31-/m1/s1. The van der Waals surface area contributed by atoms with Gasteiger partial charge < -0.3 is 44.5 Å². The molecule has 4 atom stereocenters. The number of ether oxygens (including phenoxy) is 5. The monoisotopic (exact) mass is 560 g/mol.